The van der Waals surface area contributed by atoms with Crippen LogP contribution in [-0.4, -0.2) is 50.5 Å². The van der Waals surface area contributed by atoms with Crippen LogP contribution in [-0.2, 0) is 11.3 Å². The Balaban J connectivity index is 1.38. The number of ether oxygens (including phenoxy) is 3. The maximum Gasteiger partial charge on any atom is 0.324 e. The number of carbonyl (C=O) groups excluding carboxylic acids is 1. The summed E-state index contributed by atoms with van der Waals surface area (Å²) in [4.78, 5) is 19.4. The molecule has 0 saturated carbocycles. The van der Waals surface area contributed by atoms with Crippen LogP contribution in [0.3, 0.4) is 0 Å². The number of aromatic nitrogens is 2. The van der Waals surface area contributed by atoms with E-state index in [0.717, 1.165) is 36.3 Å². The van der Waals surface area contributed by atoms with E-state index in [1.54, 1.807) is 21.3 Å². The van der Waals surface area contributed by atoms with Crippen molar-refractivity contribution in [3.63, 3.8) is 0 Å². The fourth-order valence-electron chi connectivity index (χ4n) is 3.91. The lowest BCUT2D eigenvalue weighted by Crippen LogP contribution is -2.43. The summed E-state index contributed by atoms with van der Waals surface area (Å²) in [5.41, 5.74) is 1.70. The third-order valence-electron chi connectivity index (χ3n) is 5.77. The van der Waals surface area contributed by atoms with E-state index in [4.69, 9.17) is 18.7 Å². The van der Waals surface area contributed by atoms with Gasteiger partial charge in [0, 0.05) is 30.8 Å². The smallest absolute Gasteiger partial charge is 0.324 e. The molecule has 1 atom stereocenters. The second-order valence-electron chi connectivity index (χ2n) is 7.81. The van der Waals surface area contributed by atoms with Crippen LogP contribution < -0.4 is 24.4 Å². The number of piperidine rings is 1. The number of anilines is 1. The van der Waals surface area contributed by atoms with Crippen molar-refractivity contribution in [2.75, 3.05) is 39.3 Å². The maximum absolute atomic E-state index is 12.9. The molecule has 174 valence electrons. The Bertz CT molecular complexity index is 1080. The molecule has 4 rings (SSSR count). The number of amides is 1. The molecule has 33 heavy (non-hydrogen) atoms. The first kappa shape index (κ1) is 22.4. The predicted molar refractivity (Wildman–Crippen MR) is 123 cm³/mol. The van der Waals surface area contributed by atoms with Crippen LogP contribution in [0.2, 0.25) is 0 Å². The number of hydrogen-bond acceptors (Lipinski definition) is 8. The summed E-state index contributed by atoms with van der Waals surface area (Å²) in [6.45, 7) is 1.64. The van der Waals surface area contributed by atoms with E-state index in [2.05, 4.69) is 15.5 Å². The average Bonchev–Trinajstić information content (AvgIpc) is 3.37. The summed E-state index contributed by atoms with van der Waals surface area (Å²) in [5.74, 6) is 2.50. The summed E-state index contributed by atoms with van der Waals surface area (Å²) in [5, 5.41) is 7.13. The molecular formula is C24H28N4O5. The molecule has 0 radical (unpaired) electrons. The molecule has 2 heterocycles. The summed E-state index contributed by atoms with van der Waals surface area (Å²) >= 11 is 0. The van der Waals surface area contributed by atoms with Crippen LogP contribution in [0, 0.1) is 5.92 Å². The van der Waals surface area contributed by atoms with Crippen molar-refractivity contribution >= 4 is 11.9 Å². The normalized spacial score (nSPS) is 15.7. The Labute approximate surface area is 192 Å². The Morgan fingerprint density at radius 2 is 1.85 bits per heavy atom. The van der Waals surface area contributed by atoms with Gasteiger partial charge in [0.1, 0.15) is 17.2 Å². The molecule has 1 N–H and O–H groups in total. The number of nitrogens with one attached hydrogen (secondary N) is 1. The van der Waals surface area contributed by atoms with Crippen LogP contribution in [0.25, 0.3) is 11.4 Å². The average molecular weight is 453 g/mol. The number of methoxy groups -OCH3 is 3. The summed E-state index contributed by atoms with van der Waals surface area (Å²) in [7, 11) is 4.84. The minimum atomic E-state index is -0.174. The molecule has 1 aromatic heterocycles. The predicted octanol–water partition coefficient (Wildman–Crippen LogP) is 3.30. The van der Waals surface area contributed by atoms with Crippen molar-refractivity contribution in [2.45, 2.75) is 19.4 Å². The van der Waals surface area contributed by atoms with E-state index in [9.17, 15) is 4.79 Å². The molecule has 1 amide bonds. The van der Waals surface area contributed by atoms with Crippen molar-refractivity contribution in [1.29, 1.82) is 0 Å². The quantitative estimate of drug-likeness (QED) is 0.556. The Hall–Kier alpha value is -3.75. The van der Waals surface area contributed by atoms with Gasteiger partial charge in [-0.1, -0.05) is 5.16 Å². The molecule has 0 unspecified atom stereocenters. The molecule has 0 spiro atoms. The van der Waals surface area contributed by atoms with Crippen LogP contribution in [0.1, 0.15) is 18.4 Å². The lowest BCUT2D eigenvalue weighted by molar-refractivity contribution is -0.125. The van der Waals surface area contributed by atoms with Crippen molar-refractivity contribution < 1.29 is 23.5 Å². The van der Waals surface area contributed by atoms with Gasteiger partial charge in [0.25, 0.3) is 0 Å². The lowest BCUT2D eigenvalue weighted by Gasteiger charge is -2.30. The molecule has 2 aromatic carbocycles. The van der Waals surface area contributed by atoms with E-state index in [0.29, 0.717) is 36.4 Å². The Morgan fingerprint density at radius 3 is 2.58 bits per heavy atom. The number of nitrogens with zero attached hydrogens (tertiary/aromatic N) is 3. The Kier molecular flexibility index (Phi) is 6.97. The zero-order valence-corrected chi connectivity index (χ0v) is 19.0. The molecule has 3 aromatic rings. The van der Waals surface area contributed by atoms with E-state index in [1.165, 1.54) is 0 Å². The fourth-order valence-corrected chi connectivity index (χ4v) is 3.91. The number of hydrogen-bond donors (Lipinski definition) is 1. The van der Waals surface area contributed by atoms with Gasteiger partial charge in [-0.15, -0.1) is 0 Å². The highest BCUT2D eigenvalue weighted by atomic mass is 16.5. The van der Waals surface area contributed by atoms with Crippen molar-refractivity contribution in [2.24, 2.45) is 5.92 Å². The van der Waals surface area contributed by atoms with Crippen LogP contribution in [0.5, 0.6) is 17.2 Å². The minimum Gasteiger partial charge on any atom is -0.497 e. The molecule has 0 aliphatic carbocycles. The van der Waals surface area contributed by atoms with Crippen LogP contribution >= 0.6 is 0 Å². The van der Waals surface area contributed by atoms with Gasteiger partial charge in [-0.2, -0.15) is 4.98 Å². The van der Waals surface area contributed by atoms with Gasteiger partial charge in [0.2, 0.25) is 11.7 Å². The monoisotopic (exact) mass is 452 g/mol. The van der Waals surface area contributed by atoms with Gasteiger partial charge >= 0.3 is 6.01 Å². The number of carbonyl (C=O) groups is 1. The zero-order valence-electron chi connectivity index (χ0n) is 19.0. The van der Waals surface area contributed by atoms with Gasteiger partial charge in [-0.3, -0.25) is 4.79 Å². The summed E-state index contributed by atoms with van der Waals surface area (Å²) in [6, 6.07) is 13.4. The third kappa shape index (κ3) is 5.19. The van der Waals surface area contributed by atoms with Gasteiger partial charge in [-0.05, 0) is 55.3 Å². The highest BCUT2D eigenvalue weighted by Crippen LogP contribution is 2.27. The fraction of sp³-hybridized carbons (Fsp3) is 0.375. The van der Waals surface area contributed by atoms with Gasteiger partial charge < -0.3 is 29.0 Å². The van der Waals surface area contributed by atoms with E-state index in [1.807, 2.05) is 47.4 Å². The maximum atomic E-state index is 12.9. The second-order valence-corrected chi connectivity index (χ2v) is 7.81. The zero-order chi connectivity index (χ0) is 23.2. The van der Waals surface area contributed by atoms with Crippen LogP contribution in [0.4, 0.5) is 6.01 Å². The van der Waals surface area contributed by atoms with E-state index in [-0.39, 0.29) is 11.8 Å². The molecule has 1 fully saturated rings. The van der Waals surface area contributed by atoms with E-state index < -0.39 is 0 Å². The number of benzene rings is 2. The summed E-state index contributed by atoms with van der Waals surface area (Å²) in [6.07, 6.45) is 1.66. The SMILES string of the molecule is COc1ccc(-c2noc(N3CCC[C@H](C(=O)NCc4cc(OC)ccc4OC)C3)n2)cc1. The van der Waals surface area contributed by atoms with E-state index >= 15 is 0 Å². The highest BCUT2D eigenvalue weighted by molar-refractivity contribution is 5.79. The standard InChI is InChI=1S/C24H28N4O5/c1-30-19-8-6-16(7-9-19)22-26-24(33-27-22)28-12-4-5-17(15-28)23(29)25-14-18-13-20(31-2)10-11-21(18)32-3/h6-11,13,17H,4-5,12,14-15H2,1-3H3,(H,25,29)/t17-/m0/s1. The van der Waals surface area contributed by atoms with Crippen LogP contribution in [0.15, 0.2) is 47.0 Å². The number of rotatable bonds is 8. The third-order valence-corrected chi connectivity index (χ3v) is 5.77. The highest BCUT2D eigenvalue weighted by Gasteiger charge is 2.28. The lowest BCUT2D eigenvalue weighted by atomic mass is 9.97. The largest absolute Gasteiger partial charge is 0.497 e. The first-order chi connectivity index (χ1) is 16.1. The topological polar surface area (TPSA) is 99.0 Å². The molecule has 0 bridgehead atoms. The minimum absolute atomic E-state index is 0.0144. The molecule has 9 heteroatoms. The van der Waals surface area contributed by atoms with Gasteiger partial charge in [0.05, 0.1) is 27.2 Å². The molecule has 1 aliphatic heterocycles. The molecule has 9 nitrogen and oxygen atoms in total. The summed E-state index contributed by atoms with van der Waals surface area (Å²) < 4.78 is 21.4. The van der Waals surface area contributed by atoms with Crippen molar-refractivity contribution in [3.8, 4) is 28.6 Å². The van der Waals surface area contributed by atoms with Crippen molar-refractivity contribution in [1.82, 2.24) is 15.5 Å². The Morgan fingerprint density at radius 1 is 1.09 bits per heavy atom. The first-order valence-electron chi connectivity index (χ1n) is 10.8. The van der Waals surface area contributed by atoms with Gasteiger partial charge in [-0.25, -0.2) is 0 Å². The van der Waals surface area contributed by atoms with Crippen molar-refractivity contribution in [3.05, 3.63) is 48.0 Å². The van der Waals surface area contributed by atoms with Gasteiger partial charge in [0.15, 0.2) is 0 Å². The molecule has 1 saturated heterocycles. The molecular weight excluding hydrogens is 424 g/mol. The first-order valence-corrected chi connectivity index (χ1v) is 10.8. The second kappa shape index (κ2) is 10.2. The molecule has 1 aliphatic rings.